The van der Waals surface area contributed by atoms with E-state index in [1.54, 1.807) is 0 Å². The summed E-state index contributed by atoms with van der Waals surface area (Å²) in [5, 5.41) is 9.16. The van der Waals surface area contributed by atoms with E-state index >= 15 is 0 Å². The molecule has 0 spiro atoms. The third kappa shape index (κ3) is 2.66. The third-order valence-corrected chi connectivity index (χ3v) is 2.09. The topological polar surface area (TPSA) is 46.5 Å². The van der Waals surface area contributed by atoms with Gasteiger partial charge in [0.05, 0.1) is 6.10 Å². The van der Waals surface area contributed by atoms with Gasteiger partial charge < -0.3 is 9.84 Å². The Kier molecular flexibility index (Phi) is 3.29. The Hall–Kier alpha value is -0.830. The van der Waals surface area contributed by atoms with E-state index in [1.165, 1.54) is 6.08 Å². The van der Waals surface area contributed by atoms with Crippen LogP contribution in [0.4, 0.5) is 0 Å². The standard InChI is InChI=1S/C9H14O3/c1-2-9(11)12-8-5-3-7(10)4-6-8/h2,7-8,10H,1,3-6H2. The number of rotatable bonds is 2. The lowest BCUT2D eigenvalue weighted by Gasteiger charge is -2.24. The summed E-state index contributed by atoms with van der Waals surface area (Å²) in [6, 6.07) is 0. The van der Waals surface area contributed by atoms with Crippen molar-refractivity contribution in [2.45, 2.75) is 37.9 Å². The molecule has 0 amide bonds. The Morgan fingerprint density at radius 3 is 2.50 bits per heavy atom. The molecule has 1 saturated carbocycles. The fourth-order valence-electron chi connectivity index (χ4n) is 1.38. The maximum Gasteiger partial charge on any atom is 0.330 e. The lowest BCUT2D eigenvalue weighted by atomic mass is 9.95. The van der Waals surface area contributed by atoms with Crippen LogP contribution in [-0.4, -0.2) is 23.3 Å². The van der Waals surface area contributed by atoms with Gasteiger partial charge in [0.1, 0.15) is 6.10 Å². The maximum atomic E-state index is 10.8. The van der Waals surface area contributed by atoms with Crippen molar-refractivity contribution in [2.24, 2.45) is 0 Å². The van der Waals surface area contributed by atoms with Gasteiger partial charge in [0.15, 0.2) is 0 Å². The summed E-state index contributed by atoms with van der Waals surface area (Å²) in [5.41, 5.74) is 0. The minimum absolute atomic E-state index is 0.0149. The van der Waals surface area contributed by atoms with E-state index in [9.17, 15) is 4.79 Å². The average Bonchev–Trinajstić information content (AvgIpc) is 2.09. The number of esters is 1. The number of aliphatic hydroxyl groups is 1. The Labute approximate surface area is 72.0 Å². The van der Waals surface area contributed by atoms with Crippen LogP contribution in [0.2, 0.25) is 0 Å². The van der Waals surface area contributed by atoms with Crippen molar-refractivity contribution in [3.8, 4) is 0 Å². The molecule has 68 valence electrons. The first-order chi connectivity index (χ1) is 5.72. The smallest absolute Gasteiger partial charge is 0.330 e. The highest BCUT2D eigenvalue weighted by Gasteiger charge is 2.21. The molecule has 1 N–H and O–H groups in total. The van der Waals surface area contributed by atoms with Crippen molar-refractivity contribution >= 4 is 5.97 Å². The molecule has 0 bridgehead atoms. The summed E-state index contributed by atoms with van der Waals surface area (Å²) >= 11 is 0. The molecule has 0 atom stereocenters. The van der Waals surface area contributed by atoms with E-state index in [-0.39, 0.29) is 18.2 Å². The first-order valence-electron chi connectivity index (χ1n) is 4.23. The van der Waals surface area contributed by atoms with Crippen molar-refractivity contribution in [1.29, 1.82) is 0 Å². The molecular weight excluding hydrogens is 156 g/mol. The van der Waals surface area contributed by atoms with Gasteiger partial charge in [0.2, 0.25) is 0 Å². The van der Waals surface area contributed by atoms with Gasteiger partial charge in [0.25, 0.3) is 0 Å². The van der Waals surface area contributed by atoms with E-state index in [0.29, 0.717) is 0 Å². The van der Waals surface area contributed by atoms with E-state index in [2.05, 4.69) is 6.58 Å². The molecule has 3 nitrogen and oxygen atoms in total. The Morgan fingerprint density at radius 2 is 2.00 bits per heavy atom. The van der Waals surface area contributed by atoms with Crippen molar-refractivity contribution in [3.05, 3.63) is 12.7 Å². The number of carbonyl (C=O) groups is 1. The maximum absolute atomic E-state index is 10.8. The lowest BCUT2D eigenvalue weighted by molar-refractivity contribution is -0.145. The highest BCUT2D eigenvalue weighted by molar-refractivity contribution is 5.81. The van der Waals surface area contributed by atoms with Gasteiger partial charge in [-0.1, -0.05) is 6.58 Å². The van der Waals surface area contributed by atoms with E-state index in [1.807, 2.05) is 0 Å². The second kappa shape index (κ2) is 4.26. The molecule has 0 unspecified atom stereocenters. The zero-order chi connectivity index (χ0) is 8.97. The Bertz CT molecular complexity index is 169. The van der Waals surface area contributed by atoms with Crippen molar-refractivity contribution in [3.63, 3.8) is 0 Å². The average molecular weight is 170 g/mol. The van der Waals surface area contributed by atoms with Crippen LogP contribution in [0.1, 0.15) is 25.7 Å². The lowest BCUT2D eigenvalue weighted by Crippen LogP contribution is -2.25. The fourth-order valence-corrected chi connectivity index (χ4v) is 1.38. The van der Waals surface area contributed by atoms with Crippen molar-refractivity contribution in [1.82, 2.24) is 0 Å². The van der Waals surface area contributed by atoms with Gasteiger partial charge in [-0.05, 0) is 25.7 Å². The number of ether oxygens (including phenoxy) is 1. The van der Waals surface area contributed by atoms with Crippen LogP contribution in [0.3, 0.4) is 0 Å². The van der Waals surface area contributed by atoms with Crippen LogP contribution in [0.25, 0.3) is 0 Å². The zero-order valence-electron chi connectivity index (χ0n) is 7.03. The molecular formula is C9H14O3. The summed E-state index contributed by atoms with van der Waals surface area (Å²) in [5.74, 6) is -0.364. The van der Waals surface area contributed by atoms with Crippen molar-refractivity contribution < 1.29 is 14.6 Å². The van der Waals surface area contributed by atoms with Gasteiger partial charge >= 0.3 is 5.97 Å². The first-order valence-corrected chi connectivity index (χ1v) is 4.23. The summed E-state index contributed by atoms with van der Waals surface area (Å²) < 4.78 is 5.02. The summed E-state index contributed by atoms with van der Waals surface area (Å²) in [7, 11) is 0. The summed E-state index contributed by atoms with van der Waals surface area (Å²) in [4.78, 5) is 10.8. The largest absolute Gasteiger partial charge is 0.459 e. The van der Waals surface area contributed by atoms with Crippen LogP contribution in [-0.2, 0) is 9.53 Å². The minimum atomic E-state index is -0.364. The normalized spacial score (nSPS) is 29.4. The summed E-state index contributed by atoms with van der Waals surface area (Å²) in [6.45, 7) is 3.32. The molecule has 1 aliphatic carbocycles. The molecule has 1 aliphatic rings. The van der Waals surface area contributed by atoms with E-state index in [4.69, 9.17) is 9.84 Å². The predicted octanol–water partition coefficient (Wildman–Crippen LogP) is 1.02. The predicted molar refractivity (Wildman–Crippen MR) is 44.6 cm³/mol. The second-order valence-electron chi connectivity index (χ2n) is 3.07. The molecule has 0 aromatic carbocycles. The molecule has 1 rings (SSSR count). The minimum Gasteiger partial charge on any atom is -0.459 e. The molecule has 0 aromatic rings. The Morgan fingerprint density at radius 1 is 1.42 bits per heavy atom. The molecule has 12 heavy (non-hydrogen) atoms. The molecule has 0 saturated heterocycles. The third-order valence-electron chi connectivity index (χ3n) is 2.09. The quantitative estimate of drug-likeness (QED) is 0.497. The molecule has 0 heterocycles. The second-order valence-corrected chi connectivity index (χ2v) is 3.07. The zero-order valence-corrected chi connectivity index (χ0v) is 7.03. The molecule has 0 radical (unpaired) electrons. The van der Waals surface area contributed by atoms with Gasteiger partial charge in [-0.3, -0.25) is 0 Å². The van der Waals surface area contributed by atoms with Crippen LogP contribution in [0.15, 0.2) is 12.7 Å². The molecule has 0 aliphatic heterocycles. The highest BCUT2D eigenvalue weighted by atomic mass is 16.5. The molecule has 1 fully saturated rings. The first kappa shape index (κ1) is 9.26. The van der Waals surface area contributed by atoms with Crippen LogP contribution in [0.5, 0.6) is 0 Å². The number of hydrogen-bond acceptors (Lipinski definition) is 3. The molecule has 3 heteroatoms. The monoisotopic (exact) mass is 170 g/mol. The van der Waals surface area contributed by atoms with Gasteiger partial charge in [-0.15, -0.1) is 0 Å². The summed E-state index contributed by atoms with van der Waals surface area (Å²) in [6.07, 6.45) is 3.94. The van der Waals surface area contributed by atoms with Crippen molar-refractivity contribution in [2.75, 3.05) is 0 Å². The van der Waals surface area contributed by atoms with Crippen LogP contribution >= 0.6 is 0 Å². The van der Waals surface area contributed by atoms with Gasteiger partial charge in [0, 0.05) is 6.08 Å². The fraction of sp³-hybridized carbons (Fsp3) is 0.667. The van der Waals surface area contributed by atoms with Crippen LogP contribution < -0.4 is 0 Å². The number of hydrogen-bond donors (Lipinski definition) is 1. The number of carbonyl (C=O) groups excluding carboxylic acids is 1. The van der Waals surface area contributed by atoms with E-state index < -0.39 is 0 Å². The SMILES string of the molecule is C=CC(=O)OC1CCC(O)CC1. The Balaban J connectivity index is 2.26. The molecule has 0 aromatic heterocycles. The number of aliphatic hydroxyl groups excluding tert-OH is 1. The van der Waals surface area contributed by atoms with Gasteiger partial charge in [-0.25, -0.2) is 4.79 Å². The highest BCUT2D eigenvalue weighted by Crippen LogP contribution is 2.20. The van der Waals surface area contributed by atoms with Gasteiger partial charge in [-0.2, -0.15) is 0 Å². The van der Waals surface area contributed by atoms with Crippen LogP contribution in [0, 0.1) is 0 Å². The van der Waals surface area contributed by atoms with E-state index in [0.717, 1.165) is 25.7 Å².